The van der Waals surface area contributed by atoms with Gasteiger partial charge in [-0.2, -0.15) is 0 Å². The third kappa shape index (κ3) is 9.44. The van der Waals surface area contributed by atoms with Gasteiger partial charge in [0.15, 0.2) is 0 Å². The molecule has 0 fully saturated rings. The van der Waals surface area contributed by atoms with Gasteiger partial charge in [-0.1, -0.05) is 12.1 Å². The third-order valence-electron chi connectivity index (χ3n) is 3.32. The highest BCUT2D eigenvalue weighted by atomic mass is 35.5. The first kappa shape index (κ1) is 24.9. The Kier molecular flexibility index (Phi) is 13.0. The van der Waals surface area contributed by atoms with Crippen LogP contribution in [0.3, 0.4) is 0 Å². The molecule has 2 aromatic rings. The summed E-state index contributed by atoms with van der Waals surface area (Å²) >= 11 is 0. The Bertz CT molecular complexity index is 672. The van der Waals surface area contributed by atoms with Gasteiger partial charge in [0.05, 0.1) is 20.3 Å². The van der Waals surface area contributed by atoms with Crippen molar-refractivity contribution in [1.82, 2.24) is 15.6 Å². The molecule has 2 N–H and O–H groups in total. The first-order valence-corrected chi connectivity index (χ1v) is 7.94. The number of ether oxygens (including phenoxy) is 3. The van der Waals surface area contributed by atoms with Crippen LogP contribution in [0.15, 0.2) is 42.6 Å². The molecule has 0 aliphatic rings. The number of methoxy groups -OCH3 is 2. The Morgan fingerprint density at radius 2 is 1.89 bits per heavy atom. The van der Waals surface area contributed by atoms with Gasteiger partial charge in [0.25, 0.3) is 0 Å². The molecule has 0 saturated heterocycles. The molecular weight excluding hydrogens is 393 g/mol. The molecule has 0 radical (unpaired) electrons. The summed E-state index contributed by atoms with van der Waals surface area (Å²) in [5.74, 6) is 1.77. The Morgan fingerprint density at radius 3 is 2.56 bits per heavy atom. The quantitative estimate of drug-likeness (QED) is 0.578. The van der Waals surface area contributed by atoms with E-state index in [1.54, 1.807) is 32.5 Å². The lowest BCUT2D eigenvalue weighted by molar-refractivity contribution is -0.120. The number of halogens is 2. The molecule has 0 bridgehead atoms. The number of pyridine rings is 1. The third-order valence-corrected chi connectivity index (χ3v) is 3.32. The number of amides is 1. The molecule has 0 aliphatic heterocycles. The van der Waals surface area contributed by atoms with Crippen molar-refractivity contribution in [1.29, 1.82) is 0 Å². The van der Waals surface area contributed by atoms with Gasteiger partial charge in [0, 0.05) is 38.5 Å². The minimum atomic E-state index is -0.0761. The SMILES string of the molecule is COCCNCC(=O)NCc1ccc(Oc2cccc(OC)c2)nc1.Cl.Cl. The molecule has 0 unspecified atom stereocenters. The second kappa shape index (κ2) is 14.1. The monoisotopic (exact) mass is 417 g/mol. The van der Waals surface area contributed by atoms with E-state index in [1.807, 2.05) is 24.3 Å². The summed E-state index contributed by atoms with van der Waals surface area (Å²) in [6.45, 7) is 1.89. The van der Waals surface area contributed by atoms with Crippen LogP contribution in [0.25, 0.3) is 0 Å². The van der Waals surface area contributed by atoms with E-state index < -0.39 is 0 Å². The second-order valence-corrected chi connectivity index (χ2v) is 5.23. The average Bonchev–Trinajstić information content (AvgIpc) is 2.65. The zero-order valence-corrected chi connectivity index (χ0v) is 16.9. The number of benzene rings is 1. The normalized spacial score (nSPS) is 9.56. The number of carbonyl (C=O) groups excluding carboxylic acids is 1. The minimum absolute atomic E-state index is 0. The summed E-state index contributed by atoms with van der Waals surface area (Å²) in [7, 11) is 3.23. The van der Waals surface area contributed by atoms with Crippen LogP contribution in [0.1, 0.15) is 5.56 Å². The number of nitrogens with zero attached hydrogens (tertiary/aromatic N) is 1. The maximum absolute atomic E-state index is 11.7. The van der Waals surface area contributed by atoms with Crippen molar-refractivity contribution in [2.24, 2.45) is 0 Å². The molecule has 150 valence electrons. The minimum Gasteiger partial charge on any atom is -0.497 e. The molecule has 1 aromatic carbocycles. The number of carbonyl (C=O) groups is 1. The van der Waals surface area contributed by atoms with Gasteiger partial charge >= 0.3 is 0 Å². The molecule has 2 rings (SSSR count). The van der Waals surface area contributed by atoms with Crippen LogP contribution in [0.4, 0.5) is 0 Å². The molecule has 1 amide bonds. The van der Waals surface area contributed by atoms with Crippen LogP contribution in [-0.4, -0.2) is 44.8 Å². The summed E-state index contributed by atoms with van der Waals surface area (Å²) in [4.78, 5) is 15.9. The Balaban J connectivity index is 0.00000338. The molecule has 9 heteroatoms. The number of rotatable bonds is 10. The molecule has 1 aromatic heterocycles. The zero-order valence-electron chi connectivity index (χ0n) is 15.3. The van der Waals surface area contributed by atoms with Crippen LogP contribution in [0.5, 0.6) is 17.4 Å². The van der Waals surface area contributed by atoms with E-state index in [2.05, 4.69) is 15.6 Å². The largest absolute Gasteiger partial charge is 0.497 e. The van der Waals surface area contributed by atoms with Gasteiger partial charge in [-0.3, -0.25) is 4.79 Å². The summed E-state index contributed by atoms with van der Waals surface area (Å²) in [6, 6.07) is 10.9. The standard InChI is InChI=1S/C18H23N3O4.2ClH/c1-23-9-8-19-13-17(22)20-11-14-6-7-18(21-12-14)25-16-5-3-4-15(10-16)24-2;;/h3-7,10,12,19H,8-9,11,13H2,1-2H3,(H,20,22);2*1H. The van der Waals surface area contributed by atoms with Gasteiger partial charge in [0.2, 0.25) is 11.8 Å². The predicted octanol–water partition coefficient (Wildman–Crippen LogP) is 2.58. The van der Waals surface area contributed by atoms with E-state index in [4.69, 9.17) is 14.2 Å². The van der Waals surface area contributed by atoms with E-state index in [1.165, 1.54) is 0 Å². The Morgan fingerprint density at radius 1 is 1.11 bits per heavy atom. The molecule has 1 heterocycles. The lowest BCUT2D eigenvalue weighted by atomic mass is 10.3. The summed E-state index contributed by atoms with van der Waals surface area (Å²) < 4.78 is 15.7. The molecule has 27 heavy (non-hydrogen) atoms. The first-order valence-electron chi connectivity index (χ1n) is 7.94. The van der Waals surface area contributed by atoms with Gasteiger partial charge < -0.3 is 24.8 Å². The lowest BCUT2D eigenvalue weighted by Crippen LogP contribution is -2.34. The molecule has 0 spiro atoms. The number of aromatic nitrogens is 1. The number of hydrogen-bond donors (Lipinski definition) is 2. The first-order chi connectivity index (χ1) is 12.2. The summed E-state index contributed by atoms with van der Waals surface area (Å²) in [5.41, 5.74) is 0.892. The van der Waals surface area contributed by atoms with E-state index in [0.29, 0.717) is 31.3 Å². The van der Waals surface area contributed by atoms with Crippen molar-refractivity contribution in [3.63, 3.8) is 0 Å². The molecule has 0 atom stereocenters. The van der Waals surface area contributed by atoms with E-state index >= 15 is 0 Å². The second-order valence-electron chi connectivity index (χ2n) is 5.23. The van der Waals surface area contributed by atoms with Crippen LogP contribution in [-0.2, 0) is 16.1 Å². The van der Waals surface area contributed by atoms with Crippen LogP contribution in [0.2, 0.25) is 0 Å². The van der Waals surface area contributed by atoms with E-state index in [9.17, 15) is 4.79 Å². The summed E-state index contributed by atoms with van der Waals surface area (Å²) in [5, 5.41) is 5.81. The van der Waals surface area contributed by atoms with Crippen molar-refractivity contribution in [3.05, 3.63) is 48.2 Å². The van der Waals surface area contributed by atoms with Gasteiger partial charge in [-0.15, -0.1) is 24.8 Å². The van der Waals surface area contributed by atoms with Crippen molar-refractivity contribution in [2.45, 2.75) is 6.54 Å². The predicted molar refractivity (Wildman–Crippen MR) is 108 cm³/mol. The van der Waals surface area contributed by atoms with Crippen LogP contribution >= 0.6 is 24.8 Å². The highest BCUT2D eigenvalue weighted by Gasteiger charge is 2.03. The fourth-order valence-corrected chi connectivity index (χ4v) is 2.00. The fourth-order valence-electron chi connectivity index (χ4n) is 2.00. The smallest absolute Gasteiger partial charge is 0.234 e. The van der Waals surface area contributed by atoms with Gasteiger partial charge in [0.1, 0.15) is 11.5 Å². The van der Waals surface area contributed by atoms with Crippen LogP contribution < -0.4 is 20.1 Å². The van der Waals surface area contributed by atoms with E-state index in [0.717, 1.165) is 11.3 Å². The molecule has 0 saturated carbocycles. The number of nitrogens with one attached hydrogen (secondary N) is 2. The topological polar surface area (TPSA) is 81.7 Å². The van der Waals surface area contributed by atoms with Crippen molar-refractivity contribution < 1.29 is 19.0 Å². The molecule has 0 aliphatic carbocycles. The van der Waals surface area contributed by atoms with E-state index in [-0.39, 0.29) is 37.3 Å². The maximum Gasteiger partial charge on any atom is 0.234 e. The van der Waals surface area contributed by atoms with Gasteiger partial charge in [-0.05, 0) is 17.7 Å². The van der Waals surface area contributed by atoms with Crippen LogP contribution in [0, 0.1) is 0 Å². The number of hydrogen-bond acceptors (Lipinski definition) is 6. The van der Waals surface area contributed by atoms with Gasteiger partial charge in [-0.25, -0.2) is 4.98 Å². The fraction of sp³-hybridized carbons (Fsp3) is 0.333. The highest BCUT2D eigenvalue weighted by molar-refractivity contribution is 5.85. The van der Waals surface area contributed by atoms with Crippen molar-refractivity contribution >= 4 is 30.7 Å². The van der Waals surface area contributed by atoms with Crippen molar-refractivity contribution in [3.8, 4) is 17.4 Å². The summed E-state index contributed by atoms with van der Waals surface area (Å²) in [6.07, 6.45) is 1.67. The maximum atomic E-state index is 11.7. The highest BCUT2D eigenvalue weighted by Crippen LogP contribution is 2.23. The molecule has 7 nitrogen and oxygen atoms in total. The Labute approximate surface area is 171 Å². The molecular formula is C18H25Cl2N3O4. The average molecular weight is 418 g/mol. The zero-order chi connectivity index (χ0) is 17.9. The Hall–Kier alpha value is -2.06. The van der Waals surface area contributed by atoms with Crippen molar-refractivity contribution in [2.75, 3.05) is 33.9 Å². The lowest BCUT2D eigenvalue weighted by Gasteiger charge is -2.08.